The summed E-state index contributed by atoms with van der Waals surface area (Å²) < 4.78 is 5.82. The van der Waals surface area contributed by atoms with Crippen LogP contribution in [-0.4, -0.2) is 22.1 Å². The van der Waals surface area contributed by atoms with E-state index in [-0.39, 0.29) is 5.75 Å². The number of phenols is 1. The highest BCUT2D eigenvalue weighted by atomic mass is 35.5. The van der Waals surface area contributed by atoms with E-state index in [2.05, 4.69) is 15.3 Å². The summed E-state index contributed by atoms with van der Waals surface area (Å²) in [5.74, 6) is 1.09. The molecule has 0 radical (unpaired) electrons. The molecule has 0 unspecified atom stereocenters. The summed E-state index contributed by atoms with van der Waals surface area (Å²) in [4.78, 5) is 8.31. The fraction of sp³-hybridized carbons (Fsp3) is 0.125. The maximum absolute atomic E-state index is 9.77. The van der Waals surface area contributed by atoms with Gasteiger partial charge < -0.3 is 15.2 Å². The number of fused-ring (bicyclic) bond motifs is 1. The first kappa shape index (κ1) is 14.4. The Morgan fingerprint density at radius 3 is 2.73 bits per heavy atom. The molecular weight excluding hydrogens is 302 g/mol. The second kappa shape index (κ2) is 5.69. The molecular formula is C16H14ClN3O2. The Morgan fingerprint density at radius 1 is 1.18 bits per heavy atom. The smallest absolute Gasteiger partial charge is 0.230 e. The van der Waals surface area contributed by atoms with Crippen LogP contribution in [0.2, 0.25) is 5.02 Å². The fourth-order valence-corrected chi connectivity index (χ4v) is 2.32. The number of phenolic OH excluding ortho intramolecular Hbond substituents is 1. The minimum absolute atomic E-state index is 0.188. The third-order valence-electron chi connectivity index (χ3n) is 3.34. The minimum Gasteiger partial charge on any atom is -0.508 e. The van der Waals surface area contributed by atoms with E-state index in [0.717, 1.165) is 11.3 Å². The number of aryl methyl sites for hydroxylation is 1. The van der Waals surface area contributed by atoms with Crippen molar-refractivity contribution in [3.05, 3.63) is 47.2 Å². The molecule has 112 valence electrons. The maximum Gasteiger partial charge on any atom is 0.230 e. The number of nitrogens with one attached hydrogen (secondary N) is 1. The Labute approximate surface area is 132 Å². The second-order valence-electron chi connectivity index (χ2n) is 4.83. The Bertz CT molecular complexity index is 852. The molecule has 0 fully saturated rings. The summed E-state index contributed by atoms with van der Waals surface area (Å²) in [6, 6.07) is 8.79. The van der Waals surface area contributed by atoms with Gasteiger partial charge in [0.25, 0.3) is 0 Å². The lowest BCUT2D eigenvalue weighted by Gasteiger charge is -2.11. The summed E-state index contributed by atoms with van der Waals surface area (Å²) in [5.41, 5.74) is 2.23. The van der Waals surface area contributed by atoms with Crippen LogP contribution in [0.1, 0.15) is 5.56 Å². The van der Waals surface area contributed by atoms with Gasteiger partial charge >= 0.3 is 0 Å². The van der Waals surface area contributed by atoms with E-state index < -0.39 is 0 Å². The van der Waals surface area contributed by atoms with Gasteiger partial charge in [0.2, 0.25) is 5.88 Å². The highest BCUT2D eigenvalue weighted by molar-refractivity contribution is 6.32. The summed E-state index contributed by atoms with van der Waals surface area (Å²) in [6.07, 6.45) is 1.39. The quantitative estimate of drug-likeness (QED) is 0.760. The highest BCUT2D eigenvalue weighted by Crippen LogP contribution is 2.34. The molecule has 0 saturated heterocycles. The molecule has 0 spiro atoms. The molecule has 0 atom stereocenters. The molecule has 2 aromatic carbocycles. The van der Waals surface area contributed by atoms with Gasteiger partial charge in [0, 0.05) is 18.8 Å². The molecule has 1 heterocycles. The maximum atomic E-state index is 9.77. The molecule has 0 saturated carbocycles. The minimum atomic E-state index is 0.188. The van der Waals surface area contributed by atoms with E-state index in [9.17, 15) is 5.11 Å². The van der Waals surface area contributed by atoms with Crippen LogP contribution in [0, 0.1) is 6.92 Å². The average Bonchev–Trinajstić information content (AvgIpc) is 2.51. The number of aromatic hydroxyl groups is 1. The number of benzene rings is 2. The van der Waals surface area contributed by atoms with Gasteiger partial charge in [-0.05, 0) is 36.8 Å². The van der Waals surface area contributed by atoms with Gasteiger partial charge in [0.05, 0.1) is 15.9 Å². The van der Waals surface area contributed by atoms with Crippen molar-refractivity contribution in [1.29, 1.82) is 0 Å². The van der Waals surface area contributed by atoms with Crippen molar-refractivity contribution < 1.29 is 9.84 Å². The number of halogens is 1. The monoisotopic (exact) mass is 315 g/mol. The number of ether oxygens (including phenoxy) is 1. The van der Waals surface area contributed by atoms with E-state index in [1.807, 2.05) is 13.1 Å². The number of hydrogen-bond donors (Lipinski definition) is 2. The Morgan fingerprint density at radius 2 is 2.00 bits per heavy atom. The van der Waals surface area contributed by atoms with Gasteiger partial charge in [-0.1, -0.05) is 11.6 Å². The molecule has 6 heteroatoms. The second-order valence-corrected chi connectivity index (χ2v) is 5.24. The number of rotatable bonds is 3. The van der Waals surface area contributed by atoms with Crippen LogP contribution >= 0.6 is 11.6 Å². The number of hydrogen-bond acceptors (Lipinski definition) is 5. The molecule has 0 aliphatic rings. The topological polar surface area (TPSA) is 67.3 Å². The molecule has 0 amide bonds. The molecule has 0 bridgehead atoms. The van der Waals surface area contributed by atoms with Crippen LogP contribution in [0.25, 0.3) is 10.9 Å². The summed E-state index contributed by atoms with van der Waals surface area (Å²) >= 11 is 6.22. The van der Waals surface area contributed by atoms with E-state index in [1.165, 1.54) is 6.33 Å². The Kier molecular flexibility index (Phi) is 3.73. The van der Waals surface area contributed by atoms with E-state index in [4.69, 9.17) is 16.3 Å². The lowest BCUT2D eigenvalue weighted by Crippen LogP contribution is -1.94. The van der Waals surface area contributed by atoms with Crippen molar-refractivity contribution in [3.63, 3.8) is 0 Å². The molecule has 3 rings (SSSR count). The number of aromatic nitrogens is 2. The standard InChI is InChI=1S/C16H14ClN3O2/c1-9-5-11-13(7-14(9)21)19-8-20-16(11)22-15-4-3-10(18-2)6-12(15)17/h3-8,18,21H,1-2H3. The zero-order valence-electron chi connectivity index (χ0n) is 12.1. The first-order chi connectivity index (χ1) is 10.6. The van der Waals surface area contributed by atoms with E-state index in [1.54, 1.807) is 31.2 Å². The first-order valence-electron chi connectivity index (χ1n) is 6.68. The van der Waals surface area contributed by atoms with Gasteiger partial charge in [0.1, 0.15) is 17.8 Å². The van der Waals surface area contributed by atoms with Crippen molar-refractivity contribution in [2.45, 2.75) is 6.92 Å². The summed E-state index contributed by atoms with van der Waals surface area (Å²) in [6.45, 7) is 1.81. The van der Waals surface area contributed by atoms with Gasteiger partial charge in [-0.2, -0.15) is 0 Å². The zero-order valence-corrected chi connectivity index (χ0v) is 12.8. The van der Waals surface area contributed by atoms with Crippen LogP contribution in [0.5, 0.6) is 17.4 Å². The van der Waals surface area contributed by atoms with Crippen LogP contribution in [0.15, 0.2) is 36.7 Å². The molecule has 22 heavy (non-hydrogen) atoms. The summed E-state index contributed by atoms with van der Waals surface area (Å²) in [7, 11) is 1.82. The van der Waals surface area contributed by atoms with Crippen molar-refractivity contribution in [2.75, 3.05) is 12.4 Å². The fourth-order valence-electron chi connectivity index (χ4n) is 2.10. The van der Waals surface area contributed by atoms with Crippen LogP contribution in [0.3, 0.4) is 0 Å². The van der Waals surface area contributed by atoms with Crippen LogP contribution < -0.4 is 10.1 Å². The third-order valence-corrected chi connectivity index (χ3v) is 3.64. The van der Waals surface area contributed by atoms with Crippen molar-refractivity contribution in [1.82, 2.24) is 9.97 Å². The summed E-state index contributed by atoms with van der Waals surface area (Å²) in [5, 5.41) is 14.0. The first-order valence-corrected chi connectivity index (χ1v) is 7.06. The van der Waals surface area contributed by atoms with Gasteiger partial charge in [0.15, 0.2) is 0 Å². The molecule has 5 nitrogen and oxygen atoms in total. The lowest BCUT2D eigenvalue weighted by molar-refractivity contribution is 0.466. The van der Waals surface area contributed by atoms with Gasteiger partial charge in [-0.25, -0.2) is 9.97 Å². The normalized spacial score (nSPS) is 10.7. The predicted molar refractivity (Wildman–Crippen MR) is 87.0 cm³/mol. The van der Waals surface area contributed by atoms with E-state index in [0.29, 0.717) is 27.6 Å². The number of anilines is 1. The van der Waals surface area contributed by atoms with E-state index >= 15 is 0 Å². The Hall–Kier alpha value is -2.53. The number of nitrogens with zero attached hydrogens (tertiary/aromatic N) is 2. The van der Waals surface area contributed by atoms with Gasteiger partial charge in [-0.3, -0.25) is 0 Å². The zero-order chi connectivity index (χ0) is 15.7. The molecule has 1 aromatic heterocycles. The highest BCUT2D eigenvalue weighted by Gasteiger charge is 2.11. The average molecular weight is 316 g/mol. The van der Waals surface area contributed by atoms with Crippen molar-refractivity contribution in [3.8, 4) is 17.4 Å². The predicted octanol–water partition coefficient (Wildman–Crippen LogP) is 4.13. The Balaban J connectivity index is 2.06. The molecule has 0 aliphatic carbocycles. The van der Waals surface area contributed by atoms with Gasteiger partial charge in [-0.15, -0.1) is 0 Å². The molecule has 3 aromatic rings. The SMILES string of the molecule is CNc1ccc(Oc2ncnc3cc(O)c(C)cc23)c(Cl)c1. The third kappa shape index (κ3) is 2.63. The lowest BCUT2D eigenvalue weighted by atomic mass is 10.1. The van der Waals surface area contributed by atoms with Crippen molar-refractivity contribution >= 4 is 28.2 Å². The molecule has 2 N–H and O–H groups in total. The largest absolute Gasteiger partial charge is 0.508 e. The molecule has 0 aliphatic heterocycles. The van der Waals surface area contributed by atoms with Crippen LogP contribution in [0.4, 0.5) is 5.69 Å². The van der Waals surface area contributed by atoms with Crippen LogP contribution in [-0.2, 0) is 0 Å². The van der Waals surface area contributed by atoms with Crippen molar-refractivity contribution in [2.24, 2.45) is 0 Å².